The van der Waals surface area contributed by atoms with Gasteiger partial charge in [0.05, 0.1) is 24.7 Å². The lowest BCUT2D eigenvalue weighted by Gasteiger charge is -2.28. The van der Waals surface area contributed by atoms with Crippen molar-refractivity contribution in [3.05, 3.63) is 41.8 Å². The fraction of sp³-hybridized carbons (Fsp3) is 0.579. The molecule has 0 aliphatic carbocycles. The highest BCUT2D eigenvalue weighted by atomic mass is 32.2. The van der Waals surface area contributed by atoms with Gasteiger partial charge in [-0.2, -0.15) is 4.98 Å². The number of amides is 1. The third-order valence-electron chi connectivity index (χ3n) is 4.51. The van der Waals surface area contributed by atoms with E-state index < -0.39 is 0 Å². The van der Waals surface area contributed by atoms with E-state index in [1.54, 1.807) is 19.3 Å². The van der Waals surface area contributed by atoms with Crippen LogP contribution in [0.3, 0.4) is 0 Å². The second-order valence-corrected chi connectivity index (χ2v) is 7.69. The van der Waals surface area contributed by atoms with Crippen LogP contribution >= 0.6 is 11.8 Å². The molecule has 1 amide bonds. The fourth-order valence-corrected chi connectivity index (χ4v) is 3.79. The van der Waals surface area contributed by atoms with Gasteiger partial charge in [0.2, 0.25) is 11.8 Å². The van der Waals surface area contributed by atoms with E-state index in [9.17, 15) is 4.79 Å². The average Bonchev–Trinajstić information content (AvgIpc) is 3.14. The molecule has 1 aliphatic rings. The molecule has 0 bridgehead atoms. The molecular formula is C19H27N5O3S. The molecule has 8 nitrogen and oxygen atoms in total. The van der Waals surface area contributed by atoms with Crippen LogP contribution in [0.15, 0.2) is 29.0 Å². The SMILES string of the molecule is Cc1nc(CSCC(=O)N(CCCN2CCOCC2)Cc2ccncc2)no1. The van der Waals surface area contributed by atoms with Gasteiger partial charge >= 0.3 is 0 Å². The monoisotopic (exact) mass is 405 g/mol. The number of carbonyl (C=O) groups is 1. The lowest BCUT2D eigenvalue weighted by atomic mass is 10.2. The van der Waals surface area contributed by atoms with Gasteiger partial charge in [0, 0.05) is 52.0 Å². The highest BCUT2D eigenvalue weighted by molar-refractivity contribution is 7.99. The molecule has 1 aliphatic heterocycles. The van der Waals surface area contributed by atoms with Gasteiger partial charge < -0.3 is 14.2 Å². The number of ether oxygens (including phenoxy) is 1. The van der Waals surface area contributed by atoms with Gasteiger partial charge in [0.1, 0.15) is 0 Å². The Kier molecular flexibility index (Phi) is 8.25. The number of pyridine rings is 1. The predicted octanol–water partition coefficient (Wildman–Crippen LogP) is 1.76. The second kappa shape index (κ2) is 11.1. The van der Waals surface area contributed by atoms with Crippen LogP contribution in [0, 0.1) is 6.92 Å². The van der Waals surface area contributed by atoms with Crippen LogP contribution in [0.5, 0.6) is 0 Å². The molecule has 3 heterocycles. The van der Waals surface area contributed by atoms with E-state index in [-0.39, 0.29) is 5.91 Å². The van der Waals surface area contributed by atoms with Crippen molar-refractivity contribution < 1.29 is 14.1 Å². The summed E-state index contributed by atoms with van der Waals surface area (Å²) < 4.78 is 10.4. The average molecular weight is 406 g/mol. The Morgan fingerprint density at radius 1 is 1.29 bits per heavy atom. The van der Waals surface area contributed by atoms with Crippen molar-refractivity contribution in [2.75, 3.05) is 45.1 Å². The van der Waals surface area contributed by atoms with Crippen molar-refractivity contribution >= 4 is 17.7 Å². The maximum Gasteiger partial charge on any atom is 0.232 e. The van der Waals surface area contributed by atoms with Crippen molar-refractivity contribution in [2.45, 2.75) is 25.6 Å². The molecule has 28 heavy (non-hydrogen) atoms. The highest BCUT2D eigenvalue weighted by Gasteiger charge is 2.16. The Morgan fingerprint density at radius 2 is 2.07 bits per heavy atom. The molecule has 0 atom stereocenters. The first kappa shape index (κ1) is 20.8. The van der Waals surface area contributed by atoms with Gasteiger partial charge in [-0.05, 0) is 24.1 Å². The normalized spacial score (nSPS) is 14.9. The molecule has 2 aromatic rings. The zero-order valence-electron chi connectivity index (χ0n) is 16.2. The van der Waals surface area contributed by atoms with E-state index in [2.05, 4.69) is 20.0 Å². The number of aromatic nitrogens is 3. The Labute approximate surface area is 169 Å². The Hall–Kier alpha value is -1.97. The third kappa shape index (κ3) is 6.88. The number of rotatable bonds is 10. The first-order valence-electron chi connectivity index (χ1n) is 9.54. The van der Waals surface area contributed by atoms with Gasteiger partial charge in [-0.15, -0.1) is 11.8 Å². The predicted molar refractivity (Wildman–Crippen MR) is 107 cm³/mol. The lowest BCUT2D eigenvalue weighted by Crippen LogP contribution is -2.39. The van der Waals surface area contributed by atoms with E-state index >= 15 is 0 Å². The van der Waals surface area contributed by atoms with Crippen LogP contribution < -0.4 is 0 Å². The fourth-order valence-electron chi connectivity index (χ4n) is 3.03. The molecule has 152 valence electrons. The molecule has 0 aromatic carbocycles. The number of aryl methyl sites for hydroxylation is 1. The zero-order chi connectivity index (χ0) is 19.6. The smallest absolute Gasteiger partial charge is 0.232 e. The summed E-state index contributed by atoms with van der Waals surface area (Å²) in [6, 6.07) is 3.91. The molecular weight excluding hydrogens is 378 g/mol. The summed E-state index contributed by atoms with van der Waals surface area (Å²) in [6.45, 7) is 7.62. The summed E-state index contributed by atoms with van der Waals surface area (Å²) >= 11 is 1.51. The second-order valence-electron chi connectivity index (χ2n) is 6.70. The topological polar surface area (TPSA) is 84.6 Å². The summed E-state index contributed by atoms with van der Waals surface area (Å²) in [5.41, 5.74) is 1.09. The minimum absolute atomic E-state index is 0.129. The van der Waals surface area contributed by atoms with Gasteiger partial charge in [-0.25, -0.2) is 0 Å². The van der Waals surface area contributed by atoms with Crippen LogP contribution in [-0.2, 0) is 21.8 Å². The summed E-state index contributed by atoms with van der Waals surface area (Å²) in [5, 5.41) is 3.87. The number of morpholine rings is 1. The third-order valence-corrected chi connectivity index (χ3v) is 5.42. The Morgan fingerprint density at radius 3 is 2.79 bits per heavy atom. The van der Waals surface area contributed by atoms with Crippen molar-refractivity contribution in [3.8, 4) is 0 Å². The molecule has 9 heteroatoms. The number of carbonyl (C=O) groups excluding carboxylic acids is 1. The van der Waals surface area contributed by atoms with Crippen LogP contribution in [0.1, 0.15) is 23.7 Å². The van der Waals surface area contributed by atoms with Crippen LogP contribution in [0.25, 0.3) is 0 Å². The summed E-state index contributed by atoms with van der Waals surface area (Å²) in [4.78, 5) is 25.4. The number of nitrogens with zero attached hydrogens (tertiary/aromatic N) is 5. The van der Waals surface area contributed by atoms with Crippen LogP contribution in [0.2, 0.25) is 0 Å². The molecule has 0 radical (unpaired) electrons. The molecule has 1 saturated heterocycles. The largest absolute Gasteiger partial charge is 0.379 e. The van der Waals surface area contributed by atoms with Crippen LogP contribution in [0.4, 0.5) is 0 Å². The van der Waals surface area contributed by atoms with E-state index in [0.717, 1.165) is 51.4 Å². The number of thioether (sulfide) groups is 1. The quantitative estimate of drug-likeness (QED) is 0.591. The van der Waals surface area contributed by atoms with Crippen molar-refractivity contribution in [1.82, 2.24) is 24.9 Å². The van der Waals surface area contributed by atoms with E-state index in [1.807, 2.05) is 17.0 Å². The zero-order valence-corrected chi connectivity index (χ0v) is 17.1. The minimum Gasteiger partial charge on any atom is -0.379 e. The molecule has 3 rings (SSSR count). The molecule has 0 unspecified atom stereocenters. The molecule has 1 fully saturated rings. The summed E-state index contributed by atoms with van der Waals surface area (Å²) in [5.74, 6) is 2.27. The first-order chi connectivity index (χ1) is 13.7. The maximum absolute atomic E-state index is 12.8. The molecule has 0 saturated carbocycles. The van der Waals surface area contributed by atoms with Crippen molar-refractivity contribution in [2.24, 2.45) is 0 Å². The maximum atomic E-state index is 12.8. The van der Waals surface area contributed by atoms with Gasteiger partial charge in [0.25, 0.3) is 0 Å². The van der Waals surface area contributed by atoms with E-state index in [4.69, 9.17) is 9.26 Å². The van der Waals surface area contributed by atoms with Gasteiger partial charge in [-0.1, -0.05) is 5.16 Å². The van der Waals surface area contributed by atoms with Gasteiger partial charge in [0.15, 0.2) is 5.82 Å². The number of hydrogen-bond donors (Lipinski definition) is 0. The summed E-state index contributed by atoms with van der Waals surface area (Å²) in [6.07, 6.45) is 4.48. The van der Waals surface area contributed by atoms with Gasteiger partial charge in [-0.3, -0.25) is 14.7 Å². The Bertz CT molecular complexity index is 721. The first-order valence-corrected chi connectivity index (χ1v) is 10.7. The Balaban J connectivity index is 1.49. The number of hydrogen-bond acceptors (Lipinski definition) is 8. The highest BCUT2D eigenvalue weighted by Crippen LogP contribution is 2.13. The lowest BCUT2D eigenvalue weighted by molar-refractivity contribution is -0.129. The molecule has 0 N–H and O–H groups in total. The van der Waals surface area contributed by atoms with E-state index in [1.165, 1.54) is 11.8 Å². The minimum atomic E-state index is 0.129. The van der Waals surface area contributed by atoms with E-state index in [0.29, 0.717) is 29.8 Å². The molecule has 2 aromatic heterocycles. The molecule has 0 spiro atoms. The van der Waals surface area contributed by atoms with Crippen LogP contribution in [-0.4, -0.2) is 76.0 Å². The van der Waals surface area contributed by atoms with Crippen molar-refractivity contribution in [3.63, 3.8) is 0 Å². The summed E-state index contributed by atoms with van der Waals surface area (Å²) in [7, 11) is 0. The standard InChI is InChI=1S/C19H27N5O3S/c1-16-21-18(22-27-16)14-28-15-19(25)24(13-17-3-5-20-6-4-17)8-2-7-23-9-11-26-12-10-23/h3-6H,2,7-15H2,1H3. The van der Waals surface area contributed by atoms with Crippen molar-refractivity contribution in [1.29, 1.82) is 0 Å².